The molecule has 1 aromatic heterocycles. The number of carboxylic acid groups (broad SMARTS) is 1. The van der Waals surface area contributed by atoms with E-state index in [0.29, 0.717) is 17.6 Å². The van der Waals surface area contributed by atoms with E-state index >= 15 is 0 Å². The molecular weight excluding hydrogens is 236 g/mol. The molecule has 7 heteroatoms. The number of rotatable bonds is 4. The fraction of sp³-hybridized carbons (Fsp3) is 0.273. The summed E-state index contributed by atoms with van der Waals surface area (Å²) < 4.78 is 1.44. The van der Waals surface area contributed by atoms with Gasteiger partial charge in [0.15, 0.2) is 0 Å². The zero-order valence-electron chi connectivity index (χ0n) is 9.75. The van der Waals surface area contributed by atoms with Gasteiger partial charge in [-0.2, -0.15) is 0 Å². The molecule has 0 saturated heterocycles. The largest absolute Gasteiger partial charge is 0.478 e. The van der Waals surface area contributed by atoms with E-state index in [2.05, 4.69) is 15.6 Å². The predicted octanol–water partition coefficient (Wildman–Crippen LogP) is 0.266. The number of fused-ring (bicyclic) bond motifs is 1. The molecular formula is C11H12N4O3. The van der Waals surface area contributed by atoms with Crippen LogP contribution in [0.3, 0.4) is 0 Å². The first kappa shape index (κ1) is 12.0. The number of hydrogen-bond acceptors (Lipinski definition) is 4. The Kier molecular flexibility index (Phi) is 3.22. The zero-order valence-corrected chi connectivity index (χ0v) is 9.75. The second-order valence-electron chi connectivity index (χ2n) is 3.71. The minimum Gasteiger partial charge on any atom is -0.478 e. The lowest BCUT2D eigenvalue weighted by Gasteiger charge is -2.03. The van der Waals surface area contributed by atoms with Gasteiger partial charge < -0.3 is 10.4 Å². The third kappa shape index (κ3) is 2.15. The van der Waals surface area contributed by atoms with Crippen LogP contribution in [0.5, 0.6) is 0 Å². The summed E-state index contributed by atoms with van der Waals surface area (Å²) in [5, 5.41) is 19.3. The molecule has 0 saturated carbocycles. The van der Waals surface area contributed by atoms with Crippen molar-refractivity contribution in [2.45, 2.75) is 13.0 Å². The average Bonchev–Trinajstić information content (AvgIpc) is 2.78. The quantitative estimate of drug-likeness (QED) is 0.809. The lowest BCUT2D eigenvalue weighted by Crippen LogP contribution is -2.20. The van der Waals surface area contributed by atoms with Gasteiger partial charge in [-0.25, -0.2) is 9.48 Å². The van der Waals surface area contributed by atoms with E-state index < -0.39 is 5.97 Å². The van der Waals surface area contributed by atoms with Crippen LogP contribution in [0.4, 0.5) is 0 Å². The molecule has 2 rings (SSSR count). The van der Waals surface area contributed by atoms with Crippen molar-refractivity contribution in [1.82, 2.24) is 20.3 Å². The Labute approximate surface area is 102 Å². The van der Waals surface area contributed by atoms with Gasteiger partial charge in [-0.15, -0.1) is 5.10 Å². The van der Waals surface area contributed by atoms with Crippen molar-refractivity contribution in [2.75, 3.05) is 7.05 Å². The highest BCUT2D eigenvalue weighted by atomic mass is 16.4. The van der Waals surface area contributed by atoms with E-state index in [1.807, 2.05) is 0 Å². The number of para-hydroxylation sites is 1. The smallest absolute Gasteiger partial charge is 0.337 e. The van der Waals surface area contributed by atoms with Crippen molar-refractivity contribution < 1.29 is 14.7 Å². The predicted molar refractivity (Wildman–Crippen MR) is 63.2 cm³/mol. The molecule has 2 aromatic rings. The van der Waals surface area contributed by atoms with E-state index in [4.69, 9.17) is 5.11 Å². The number of aromatic carboxylic acids is 1. The van der Waals surface area contributed by atoms with E-state index in [0.717, 1.165) is 0 Å². The van der Waals surface area contributed by atoms with Crippen LogP contribution in [0.2, 0.25) is 0 Å². The van der Waals surface area contributed by atoms with Gasteiger partial charge >= 0.3 is 5.97 Å². The zero-order chi connectivity index (χ0) is 13.1. The van der Waals surface area contributed by atoms with E-state index in [-0.39, 0.29) is 17.9 Å². The molecule has 0 unspecified atom stereocenters. The van der Waals surface area contributed by atoms with E-state index in [1.54, 1.807) is 19.2 Å². The molecule has 1 aromatic carbocycles. The van der Waals surface area contributed by atoms with Gasteiger partial charge in [0.2, 0.25) is 5.91 Å². The summed E-state index contributed by atoms with van der Waals surface area (Å²) in [6.07, 6.45) is 0.225. The highest BCUT2D eigenvalue weighted by Gasteiger charge is 2.14. The monoisotopic (exact) mass is 248 g/mol. The van der Waals surface area contributed by atoms with Gasteiger partial charge in [0.1, 0.15) is 11.0 Å². The molecule has 0 aliphatic rings. The fourth-order valence-electron chi connectivity index (χ4n) is 1.69. The summed E-state index contributed by atoms with van der Waals surface area (Å²) in [4.78, 5) is 22.3. The SMILES string of the molecule is CNC(=O)CCn1nnc2cccc(C(=O)O)c21. The van der Waals surface area contributed by atoms with Crippen LogP contribution in [0.15, 0.2) is 18.2 Å². The Morgan fingerprint density at radius 3 is 2.89 bits per heavy atom. The highest BCUT2D eigenvalue weighted by molar-refractivity contribution is 6.00. The topological polar surface area (TPSA) is 97.1 Å². The summed E-state index contributed by atoms with van der Waals surface area (Å²) >= 11 is 0. The number of carbonyl (C=O) groups is 2. The maximum Gasteiger partial charge on any atom is 0.337 e. The lowest BCUT2D eigenvalue weighted by molar-refractivity contribution is -0.120. The molecule has 0 atom stereocenters. The molecule has 94 valence electrons. The number of hydrogen-bond donors (Lipinski definition) is 2. The average molecular weight is 248 g/mol. The number of carbonyl (C=O) groups excluding carboxylic acids is 1. The Morgan fingerprint density at radius 1 is 1.44 bits per heavy atom. The van der Waals surface area contributed by atoms with E-state index in [9.17, 15) is 9.59 Å². The van der Waals surface area contributed by atoms with Crippen LogP contribution in [0.25, 0.3) is 11.0 Å². The van der Waals surface area contributed by atoms with Gasteiger partial charge in [0.25, 0.3) is 0 Å². The lowest BCUT2D eigenvalue weighted by atomic mass is 10.2. The van der Waals surface area contributed by atoms with Crippen molar-refractivity contribution >= 4 is 22.9 Å². The highest BCUT2D eigenvalue weighted by Crippen LogP contribution is 2.16. The Balaban J connectivity index is 2.39. The molecule has 2 N–H and O–H groups in total. The van der Waals surface area contributed by atoms with Gasteiger partial charge in [0.05, 0.1) is 12.1 Å². The van der Waals surface area contributed by atoms with Crippen LogP contribution in [0, 0.1) is 0 Å². The Bertz CT molecular complexity index is 605. The summed E-state index contributed by atoms with van der Waals surface area (Å²) in [5.41, 5.74) is 1.08. The number of aromatic nitrogens is 3. The molecule has 0 bridgehead atoms. The van der Waals surface area contributed by atoms with Crippen LogP contribution in [0.1, 0.15) is 16.8 Å². The number of amides is 1. The van der Waals surface area contributed by atoms with Crippen LogP contribution >= 0.6 is 0 Å². The van der Waals surface area contributed by atoms with E-state index in [1.165, 1.54) is 10.7 Å². The van der Waals surface area contributed by atoms with Gasteiger partial charge in [-0.1, -0.05) is 11.3 Å². The molecule has 0 spiro atoms. The number of nitrogens with one attached hydrogen (secondary N) is 1. The van der Waals surface area contributed by atoms with Gasteiger partial charge in [0, 0.05) is 13.5 Å². The minimum absolute atomic E-state index is 0.133. The second-order valence-corrected chi connectivity index (χ2v) is 3.71. The summed E-state index contributed by atoms with van der Waals surface area (Å²) in [6.45, 7) is 0.292. The Hall–Kier alpha value is -2.44. The van der Waals surface area contributed by atoms with Crippen molar-refractivity contribution in [3.05, 3.63) is 23.8 Å². The summed E-state index contributed by atoms with van der Waals surface area (Å²) in [5.74, 6) is -1.17. The van der Waals surface area contributed by atoms with Crippen molar-refractivity contribution in [2.24, 2.45) is 0 Å². The fourth-order valence-corrected chi connectivity index (χ4v) is 1.69. The minimum atomic E-state index is -1.04. The Morgan fingerprint density at radius 2 is 2.22 bits per heavy atom. The number of benzene rings is 1. The molecule has 0 radical (unpaired) electrons. The molecule has 7 nitrogen and oxygen atoms in total. The third-order valence-electron chi connectivity index (χ3n) is 2.59. The maximum atomic E-state index is 11.2. The normalized spacial score (nSPS) is 10.5. The molecule has 0 aliphatic heterocycles. The first-order chi connectivity index (χ1) is 8.63. The second kappa shape index (κ2) is 4.82. The number of carboxylic acids is 1. The van der Waals surface area contributed by atoms with Gasteiger partial charge in [-0.3, -0.25) is 4.79 Å². The first-order valence-corrected chi connectivity index (χ1v) is 5.39. The van der Waals surface area contributed by atoms with Crippen LogP contribution < -0.4 is 5.32 Å². The molecule has 0 aliphatic carbocycles. The maximum absolute atomic E-state index is 11.2. The van der Waals surface area contributed by atoms with Crippen molar-refractivity contribution in [3.8, 4) is 0 Å². The van der Waals surface area contributed by atoms with Crippen molar-refractivity contribution in [3.63, 3.8) is 0 Å². The van der Waals surface area contributed by atoms with Crippen molar-refractivity contribution in [1.29, 1.82) is 0 Å². The van der Waals surface area contributed by atoms with Crippen LogP contribution in [-0.4, -0.2) is 39.0 Å². The number of nitrogens with zero attached hydrogens (tertiary/aromatic N) is 3. The standard InChI is InChI=1S/C11H12N4O3/c1-12-9(16)5-6-15-10-7(11(17)18)3-2-4-8(10)13-14-15/h2-4H,5-6H2,1H3,(H,12,16)(H,17,18). The van der Waals surface area contributed by atoms with Gasteiger partial charge in [-0.05, 0) is 12.1 Å². The molecule has 18 heavy (non-hydrogen) atoms. The number of aryl methyl sites for hydroxylation is 1. The molecule has 1 amide bonds. The third-order valence-corrected chi connectivity index (χ3v) is 2.59. The van der Waals surface area contributed by atoms with Crippen LogP contribution in [-0.2, 0) is 11.3 Å². The molecule has 1 heterocycles. The molecule has 0 fully saturated rings. The summed E-state index contributed by atoms with van der Waals surface area (Å²) in [6, 6.07) is 4.79. The first-order valence-electron chi connectivity index (χ1n) is 5.39. The summed E-state index contributed by atoms with van der Waals surface area (Å²) in [7, 11) is 1.55.